The molecule has 6 nitrogen and oxygen atoms in total. The van der Waals surface area contributed by atoms with Gasteiger partial charge in [0.2, 0.25) is 0 Å². The van der Waals surface area contributed by atoms with E-state index in [0.29, 0.717) is 19.6 Å². The van der Waals surface area contributed by atoms with Gasteiger partial charge in [-0.15, -0.1) is 0 Å². The third-order valence-electron chi connectivity index (χ3n) is 25.6. The van der Waals surface area contributed by atoms with Gasteiger partial charge in [0.15, 0.2) is 0 Å². The van der Waals surface area contributed by atoms with Crippen LogP contribution in [0.15, 0.2) is 121 Å². The number of aryl methyl sites for hydroxylation is 2. The molecular weight excluding hydrogens is 1520 g/mol. The van der Waals surface area contributed by atoms with Crippen molar-refractivity contribution in [3.05, 3.63) is 166 Å². The minimum atomic E-state index is -4.97. The first-order chi connectivity index (χ1) is 53.7. The zero-order chi connectivity index (χ0) is 85.2. The number of ether oxygens (including phenoxy) is 2. The molecule has 8 aromatic carbocycles. The van der Waals surface area contributed by atoms with Crippen molar-refractivity contribution < 1.29 is 36.2 Å². The zero-order valence-electron chi connectivity index (χ0n) is 79.0. The maximum absolute atomic E-state index is 8.89. The second-order valence-electron chi connectivity index (χ2n) is 45.4. The summed E-state index contributed by atoms with van der Waals surface area (Å²) in [6, 6.07) is 52.2. The van der Waals surface area contributed by atoms with Gasteiger partial charge in [-0.05, 0) is 0 Å². The second-order valence-corrected chi connectivity index (χ2v) is 63.0. The van der Waals surface area contributed by atoms with Crippen LogP contribution in [-0.4, -0.2) is 38.5 Å². The predicted octanol–water partition coefficient (Wildman–Crippen LogP) is 31.7. The first-order valence-corrected chi connectivity index (χ1v) is 58.6. The van der Waals surface area contributed by atoms with E-state index in [1.54, 1.807) is 0 Å². The fourth-order valence-electron chi connectivity index (χ4n) is 19.2. The molecule has 0 bridgehead atoms. The van der Waals surface area contributed by atoms with Crippen molar-refractivity contribution in [1.82, 2.24) is 9.13 Å². The number of hydrogen-bond donors (Lipinski definition) is 0. The van der Waals surface area contributed by atoms with Crippen LogP contribution in [0.4, 0.5) is 0 Å². The van der Waals surface area contributed by atoms with Gasteiger partial charge >= 0.3 is 679 Å². The van der Waals surface area contributed by atoms with Crippen molar-refractivity contribution in [3.8, 4) is 56.6 Å². The van der Waals surface area contributed by atoms with E-state index in [1.165, 1.54) is 177 Å². The monoisotopic (exact) mass is 1680 g/mol. The van der Waals surface area contributed by atoms with Gasteiger partial charge in [0, 0.05) is 0 Å². The third-order valence-corrected chi connectivity index (χ3v) is 35.9. The van der Waals surface area contributed by atoms with E-state index in [9.17, 15) is 0 Å². The summed E-state index contributed by atoms with van der Waals surface area (Å²) in [5, 5.41) is 7.83. The molecule has 11 rings (SSSR count). The van der Waals surface area contributed by atoms with Gasteiger partial charge in [-0.2, -0.15) is 0 Å². The SMILES string of the molecule is CCCCCCCC[Si](C)(C)c1cc(C)c2c(c1)-c1cc(C(C)(C)CC(C)(C)C)cc(-n3c4cc(C(C)(C)C)ccc4c4ccc(C(C)(C)C)cc43)c1[O][Zr]([CH3])([CH3])[O]c1c(cc(C(C)(C)CC(C)(C)C)cc1-n1c3cc(C(C)(C)C)ccc3c3ccc(C(C)(C)C)cc31)-c1cc([Si](C)(C)CCCCCCCC)cc(C)c1OCCCO2. The van der Waals surface area contributed by atoms with Crippen LogP contribution in [0.2, 0.25) is 47.5 Å². The van der Waals surface area contributed by atoms with E-state index in [4.69, 9.17) is 15.1 Å². The van der Waals surface area contributed by atoms with Crippen molar-refractivity contribution in [1.29, 1.82) is 0 Å². The Balaban J connectivity index is 1.35. The molecule has 0 aliphatic carbocycles. The van der Waals surface area contributed by atoms with Gasteiger partial charge in [-0.25, -0.2) is 0 Å². The van der Waals surface area contributed by atoms with Crippen LogP contribution in [0.5, 0.6) is 23.0 Å². The Morgan fingerprint density at radius 1 is 0.336 bits per heavy atom. The van der Waals surface area contributed by atoms with Crippen LogP contribution < -0.4 is 25.5 Å². The first kappa shape index (κ1) is 90.6. The number of fused-ring (bicyclic) bond motifs is 12. The number of rotatable bonds is 22. The van der Waals surface area contributed by atoms with E-state index in [0.717, 1.165) is 80.6 Å². The summed E-state index contributed by atoms with van der Waals surface area (Å²) in [6.07, 6.45) is 17.9. The minimum absolute atomic E-state index is 0.000998. The average Bonchev–Trinajstić information content (AvgIpc) is 1.52. The van der Waals surface area contributed by atoms with Gasteiger partial charge in [0.1, 0.15) is 0 Å². The number of aromatic nitrogens is 2. The molecule has 0 unspecified atom stereocenters. The molecule has 0 spiro atoms. The van der Waals surface area contributed by atoms with Gasteiger partial charge in [0.05, 0.1) is 0 Å². The standard InChI is InChI=1S/C105H150N2O4Si2.2CH3.Zr/c1-31-33-35-37-39-41-54-112(27,28)78-56-70(3)96(86(66-78)84-58-76(104(23,24)68-98(5,6)7)64-92(94(84)108)106-88-60-72(100(11,12)13)44-48-80(88)81-49-45-73(61-89(81)106)101(14,15)16)110-52-43-53-111-97-71(4)57-79(113(29,30)55-42-40-38-36-34-32-2)67-87(97)85-59-77(105(25,26)69-99(8,9)10)65-93(95(85)109)107-90-62-74(102(17,18)19)46-50-82(90)83-51-47-75(63-91(83)107)103(20,21)22;;;/h44-51,56-67,108-109H,31-43,52-55,68-69H2,1-30H3;2*1H3;/q;;;+2/p-2. The van der Waals surface area contributed by atoms with Gasteiger partial charge in [-0.3, -0.25) is 0 Å². The van der Waals surface area contributed by atoms with E-state index < -0.39 is 37.3 Å². The van der Waals surface area contributed by atoms with Gasteiger partial charge in [0.25, 0.3) is 0 Å². The Bertz CT molecular complexity index is 4740. The van der Waals surface area contributed by atoms with Crippen molar-refractivity contribution in [2.75, 3.05) is 13.2 Å². The molecule has 1 aliphatic rings. The quantitative estimate of drug-likeness (QED) is 0.0501. The van der Waals surface area contributed by atoms with Crippen molar-refractivity contribution in [2.45, 2.75) is 356 Å². The van der Waals surface area contributed by atoms with Crippen LogP contribution in [0, 0.1) is 24.7 Å². The Morgan fingerprint density at radius 2 is 0.621 bits per heavy atom. The topological polar surface area (TPSA) is 46.8 Å². The fraction of sp³-hybridized carbons (Fsp3) is 0.551. The summed E-state index contributed by atoms with van der Waals surface area (Å²) in [7, 11) is -4.26. The molecule has 628 valence electrons. The molecule has 10 aromatic rings. The molecule has 116 heavy (non-hydrogen) atoms. The Kier molecular flexibility index (Phi) is 26.6. The predicted molar refractivity (Wildman–Crippen MR) is 510 cm³/mol. The Hall–Kier alpha value is -6.12. The third kappa shape index (κ3) is 20.4. The first-order valence-electron chi connectivity index (χ1n) is 45.3. The zero-order valence-corrected chi connectivity index (χ0v) is 83.5. The molecule has 1 aliphatic heterocycles. The molecule has 0 fully saturated rings. The van der Waals surface area contributed by atoms with Crippen molar-refractivity contribution >= 4 is 70.1 Å². The summed E-state index contributed by atoms with van der Waals surface area (Å²) in [5.41, 5.74) is 19.9. The normalized spacial score (nSPS) is 14.7. The average molecular weight is 1680 g/mol. The number of benzene rings is 8. The fourth-order valence-corrected chi connectivity index (χ4v) is 28.0. The molecule has 0 radical (unpaired) electrons. The van der Waals surface area contributed by atoms with E-state index >= 15 is 0 Å². The molecule has 3 heterocycles. The molecule has 0 saturated heterocycles. The van der Waals surface area contributed by atoms with Crippen LogP contribution in [0.25, 0.3) is 77.2 Å². The summed E-state index contributed by atoms with van der Waals surface area (Å²) in [6.45, 7) is 73.6. The Labute approximate surface area is 712 Å². The number of nitrogens with zero attached hydrogens (tertiary/aromatic N) is 2. The maximum atomic E-state index is 8.89. The molecular formula is C107H154N2O4Si2Zr. The second kappa shape index (κ2) is 34.1. The van der Waals surface area contributed by atoms with Crippen molar-refractivity contribution in [2.24, 2.45) is 10.8 Å². The van der Waals surface area contributed by atoms with Crippen LogP contribution in [0.3, 0.4) is 0 Å². The van der Waals surface area contributed by atoms with Crippen LogP contribution >= 0.6 is 0 Å². The van der Waals surface area contributed by atoms with Gasteiger partial charge in [-0.1, -0.05) is 39.5 Å². The van der Waals surface area contributed by atoms with Gasteiger partial charge < -0.3 is 0 Å². The summed E-state index contributed by atoms with van der Waals surface area (Å²) in [5.74, 6) is 3.53. The van der Waals surface area contributed by atoms with Crippen LogP contribution in [-0.2, 0) is 53.6 Å². The van der Waals surface area contributed by atoms with E-state index in [-0.39, 0.29) is 43.3 Å². The summed E-state index contributed by atoms with van der Waals surface area (Å²) < 4.78 is 43.2. The Morgan fingerprint density at radius 3 is 0.905 bits per heavy atom. The summed E-state index contributed by atoms with van der Waals surface area (Å²) >= 11 is -4.97. The number of hydrogen-bond acceptors (Lipinski definition) is 4. The summed E-state index contributed by atoms with van der Waals surface area (Å²) in [4.78, 5) is 0. The number of unbranched alkanes of at least 4 members (excludes halogenated alkanes) is 10. The molecule has 2 aromatic heterocycles. The molecule has 0 atom stereocenters. The molecule has 0 amide bonds. The molecule has 9 heteroatoms. The van der Waals surface area contributed by atoms with E-state index in [2.05, 4.69) is 346 Å². The molecule has 0 saturated carbocycles. The molecule has 0 N–H and O–H groups in total. The van der Waals surface area contributed by atoms with E-state index in [1.807, 2.05) is 0 Å². The van der Waals surface area contributed by atoms with Crippen molar-refractivity contribution in [3.63, 3.8) is 0 Å². The van der Waals surface area contributed by atoms with Crippen LogP contribution in [0.1, 0.15) is 307 Å².